The molecule has 1 saturated heterocycles. The van der Waals surface area contributed by atoms with Crippen LogP contribution < -0.4 is 4.90 Å². The van der Waals surface area contributed by atoms with E-state index in [0.717, 1.165) is 24.4 Å². The number of aryl methyl sites for hydroxylation is 2. The number of nitrogens with zero attached hydrogens (tertiary/aromatic N) is 6. The lowest BCUT2D eigenvalue weighted by atomic mass is 10.0. The van der Waals surface area contributed by atoms with Gasteiger partial charge in [0.05, 0.1) is 17.4 Å². The molecule has 3 atom stereocenters. The SMILES string of the molecule is Cc1cc(F)cc2c(-c3ccc(F)c4nn(C)cc34)nn(-c3ccc(N4C[C@@H]5C(C(=O)CO)[C@@H]5C4)nc3)c12. The number of carbonyl (C=O) groups excluding carboxylic acids is 1. The van der Waals surface area contributed by atoms with Crippen LogP contribution in [0.25, 0.3) is 38.8 Å². The highest BCUT2D eigenvalue weighted by atomic mass is 19.1. The topological polar surface area (TPSA) is 89.1 Å². The zero-order valence-corrected chi connectivity index (χ0v) is 20.8. The summed E-state index contributed by atoms with van der Waals surface area (Å²) in [4.78, 5) is 18.7. The van der Waals surface area contributed by atoms with Gasteiger partial charge in [-0.05, 0) is 60.7 Å². The van der Waals surface area contributed by atoms with Crippen LogP contribution >= 0.6 is 0 Å². The Morgan fingerprint density at radius 1 is 1.08 bits per heavy atom. The van der Waals surface area contributed by atoms with E-state index in [9.17, 15) is 13.6 Å². The predicted octanol–water partition coefficient (Wildman–Crippen LogP) is 3.80. The van der Waals surface area contributed by atoms with Gasteiger partial charge in [0.2, 0.25) is 0 Å². The molecule has 192 valence electrons. The number of rotatable bonds is 5. The maximum Gasteiger partial charge on any atom is 0.161 e. The Kier molecular flexibility index (Phi) is 4.93. The zero-order chi connectivity index (χ0) is 26.3. The summed E-state index contributed by atoms with van der Waals surface area (Å²) in [7, 11) is 1.73. The number of hydrogen-bond acceptors (Lipinski definition) is 6. The van der Waals surface area contributed by atoms with E-state index in [1.165, 1.54) is 18.2 Å². The summed E-state index contributed by atoms with van der Waals surface area (Å²) < 4.78 is 32.4. The number of carbonyl (C=O) groups is 1. The quantitative estimate of drug-likeness (QED) is 0.384. The molecular formula is C28H24F2N6O2. The van der Waals surface area contributed by atoms with Crippen LogP contribution in [0.3, 0.4) is 0 Å². The minimum absolute atomic E-state index is 0.0227. The average Bonchev–Trinajstić information content (AvgIpc) is 3.26. The van der Waals surface area contributed by atoms with E-state index < -0.39 is 12.4 Å². The van der Waals surface area contributed by atoms with Gasteiger partial charge >= 0.3 is 0 Å². The number of hydrogen-bond donors (Lipinski definition) is 1. The first-order valence-corrected chi connectivity index (χ1v) is 12.5. The minimum atomic E-state index is -0.429. The number of fused-ring (bicyclic) bond motifs is 3. The normalized spacial score (nSPS) is 20.4. The Morgan fingerprint density at radius 3 is 2.58 bits per heavy atom. The summed E-state index contributed by atoms with van der Waals surface area (Å²) in [6.07, 6.45) is 3.47. The third kappa shape index (κ3) is 3.36. The van der Waals surface area contributed by atoms with Crippen molar-refractivity contribution in [3.63, 3.8) is 0 Å². The lowest BCUT2D eigenvalue weighted by Crippen LogP contribution is -2.27. The lowest BCUT2D eigenvalue weighted by molar-refractivity contribution is -0.123. The van der Waals surface area contributed by atoms with Gasteiger partial charge in [-0.25, -0.2) is 18.4 Å². The van der Waals surface area contributed by atoms with Crippen LogP contribution in [-0.2, 0) is 11.8 Å². The van der Waals surface area contributed by atoms with Crippen molar-refractivity contribution < 1.29 is 18.7 Å². The van der Waals surface area contributed by atoms with E-state index in [2.05, 4.69) is 15.0 Å². The molecule has 0 amide bonds. The smallest absolute Gasteiger partial charge is 0.161 e. The standard InChI is InChI=1S/C28H24F2N6O2/c1-14-7-15(29)8-18-26(17-4-5-22(30)27-21(17)10-34(2)32-27)33-36(28(14)18)16-3-6-24(31-9-16)35-11-19-20(12-35)25(19)23(38)13-37/h3-10,19-20,25,37H,11-13H2,1-2H3/t19-,20+,25?. The molecule has 2 fully saturated rings. The molecule has 0 radical (unpaired) electrons. The minimum Gasteiger partial charge on any atom is -0.389 e. The predicted molar refractivity (Wildman–Crippen MR) is 138 cm³/mol. The number of anilines is 1. The summed E-state index contributed by atoms with van der Waals surface area (Å²) in [5.74, 6) is 0.483. The summed E-state index contributed by atoms with van der Waals surface area (Å²) in [6.45, 7) is 2.93. The van der Waals surface area contributed by atoms with E-state index in [4.69, 9.17) is 10.2 Å². The Bertz CT molecular complexity index is 1750. The summed E-state index contributed by atoms with van der Waals surface area (Å²) in [6, 6.07) is 9.78. The second-order valence-corrected chi connectivity index (χ2v) is 10.3. The van der Waals surface area contributed by atoms with Crippen LogP contribution in [0.5, 0.6) is 0 Å². The molecule has 8 nitrogen and oxygen atoms in total. The highest BCUT2D eigenvalue weighted by Gasteiger charge is 2.58. The number of pyridine rings is 1. The van der Waals surface area contributed by atoms with Crippen molar-refractivity contribution in [2.75, 3.05) is 24.6 Å². The van der Waals surface area contributed by atoms with Gasteiger partial charge in [0.25, 0.3) is 0 Å². The number of benzene rings is 2. The molecular weight excluding hydrogens is 490 g/mol. The summed E-state index contributed by atoms with van der Waals surface area (Å²) >= 11 is 0. The Hall–Kier alpha value is -4.18. The van der Waals surface area contributed by atoms with Gasteiger partial charge in [-0.15, -0.1) is 0 Å². The number of aliphatic hydroxyl groups is 1. The van der Waals surface area contributed by atoms with E-state index >= 15 is 0 Å². The second-order valence-electron chi connectivity index (χ2n) is 10.3. The fourth-order valence-electron chi connectivity index (χ4n) is 6.17. The van der Waals surface area contributed by atoms with Gasteiger partial charge in [0.1, 0.15) is 29.5 Å². The Balaban J connectivity index is 1.29. The molecule has 1 aliphatic heterocycles. The molecule has 5 aromatic rings. The zero-order valence-electron chi connectivity index (χ0n) is 20.8. The maximum absolute atomic E-state index is 14.6. The number of Topliss-reactive ketones (excluding diaryl/α,β-unsaturated/α-hetero) is 1. The molecule has 4 heterocycles. The number of ketones is 1. The number of halogens is 2. The maximum atomic E-state index is 14.6. The van der Waals surface area contributed by atoms with Gasteiger partial charge < -0.3 is 10.0 Å². The van der Waals surface area contributed by atoms with Gasteiger partial charge in [0.15, 0.2) is 11.6 Å². The molecule has 1 aliphatic carbocycles. The van der Waals surface area contributed by atoms with Crippen LogP contribution in [0, 0.1) is 36.3 Å². The van der Waals surface area contributed by atoms with Crippen molar-refractivity contribution >= 4 is 33.4 Å². The van der Waals surface area contributed by atoms with Crippen LogP contribution in [0.15, 0.2) is 48.8 Å². The van der Waals surface area contributed by atoms with E-state index in [1.807, 2.05) is 19.1 Å². The average molecular weight is 515 g/mol. The van der Waals surface area contributed by atoms with Crippen molar-refractivity contribution in [2.24, 2.45) is 24.8 Å². The van der Waals surface area contributed by atoms with Crippen molar-refractivity contribution in [1.82, 2.24) is 24.5 Å². The third-order valence-electron chi connectivity index (χ3n) is 7.95. The van der Waals surface area contributed by atoms with Crippen molar-refractivity contribution in [1.29, 1.82) is 0 Å². The van der Waals surface area contributed by atoms with Gasteiger partial charge in [-0.3, -0.25) is 9.48 Å². The molecule has 3 aromatic heterocycles. The van der Waals surface area contributed by atoms with Gasteiger partial charge in [-0.2, -0.15) is 10.2 Å². The first kappa shape index (κ1) is 23.0. The monoisotopic (exact) mass is 514 g/mol. The molecule has 38 heavy (non-hydrogen) atoms. The first-order chi connectivity index (χ1) is 18.3. The molecule has 1 unspecified atom stereocenters. The van der Waals surface area contributed by atoms with Crippen molar-refractivity contribution in [3.05, 3.63) is 66.0 Å². The Morgan fingerprint density at radius 2 is 1.87 bits per heavy atom. The largest absolute Gasteiger partial charge is 0.389 e. The fraction of sp³-hybridized carbons (Fsp3) is 0.286. The second kappa shape index (κ2) is 8.16. The molecule has 1 N–H and O–H groups in total. The van der Waals surface area contributed by atoms with Crippen LogP contribution in [0.2, 0.25) is 0 Å². The van der Waals surface area contributed by atoms with Gasteiger partial charge in [-0.1, -0.05) is 0 Å². The highest BCUT2D eigenvalue weighted by Crippen LogP contribution is 2.52. The molecule has 0 spiro atoms. The number of aliphatic hydroxyl groups excluding tert-OH is 1. The van der Waals surface area contributed by atoms with Crippen LogP contribution in [-0.4, -0.2) is 55.1 Å². The molecule has 1 saturated carbocycles. The highest BCUT2D eigenvalue weighted by molar-refractivity contribution is 6.03. The molecule has 0 bridgehead atoms. The van der Waals surface area contributed by atoms with E-state index in [-0.39, 0.29) is 34.9 Å². The molecule has 2 aliphatic rings. The van der Waals surface area contributed by atoms with E-state index in [0.29, 0.717) is 33.3 Å². The molecule has 7 rings (SSSR count). The number of piperidine rings is 1. The Labute approximate surface area is 216 Å². The van der Waals surface area contributed by atoms with E-state index in [1.54, 1.807) is 34.9 Å². The van der Waals surface area contributed by atoms with Gasteiger partial charge in [0, 0.05) is 48.6 Å². The molecule has 2 aromatic carbocycles. The lowest BCUT2D eigenvalue weighted by Gasteiger charge is -2.20. The third-order valence-corrected chi connectivity index (χ3v) is 7.95. The summed E-state index contributed by atoms with van der Waals surface area (Å²) in [5, 5.41) is 19.5. The first-order valence-electron chi connectivity index (χ1n) is 12.5. The molecule has 10 heteroatoms. The van der Waals surface area contributed by atoms with Crippen LogP contribution in [0.1, 0.15) is 5.56 Å². The van der Waals surface area contributed by atoms with Crippen molar-refractivity contribution in [3.8, 4) is 16.9 Å². The summed E-state index contributed by atoms with van der Waals surface area (Å²) in [5.41, 5.74) is 3.59. The van der Waals surface area contributed by atoms with Crippen molar-refractivity contribution in [2.45, 2.75) is 6.92 Å². The number of aromatic nitrogens is 5. The van der Waals surface area contributed by atoms with Crippen LogP contribution in [0.4, 0.5) is 14.6 Å². The fourth-order valence-corrected chi connectivity index (χ4v) is 6.17.